The summed E-state index contributed by atoms with van der Waals surface area (Å²) in [6, 6.07) is 13.7. The van der Waals surface area contributed by atoms with E-state index in [0.29, 0.717) is 6.54 Å². The first-order valence-corrected chi connectivity index (χ1v) is 7.44. The van der Waals surface area contributed by atoms with Crippen LogP contribution in [0, 0.1) is 10.1 Å². The Morgan fingerprint density at radius 3 is 2.67 bits per heavy atom. The second-order valence-electron chi connectivity index (χ2n) is 4.55. The molecule has 0 aromatic heterocycles. The standard InChI is InChI=1S/C15H12N2O3S/c18-15(11-5-1-2-6-12(11)17(19)20)16-9-10-21-14-8-4-3-7-13(14)16/h1-8H,9-10H2. The fraction of sp³-hybridized carbons (Fsp3) is 0.133. The van der Waals surface area contributed by atoms with Gasteiger partial charge in [-0.3, -0.25) is 14.9 Å². The zero-order valence-corrected chi connectivity index (χ0v) is 11.9. The first-order chi connectivity index (χ1) is 10.2. The number of hydrogen-bond acceptors (Lipinski definition) is 4. The van der Waals surface area contributed by atoms with Crippen molar-refractivity contribution in [3.8, 4) is 0 Å². The van der Waals surface area contributed by atoms with E-state index < -0.39 is 4.92 Å². The van der Waals surface area contributed by atoms with Gasteiger partial charge in [-0.05, 0) is 18.2 Å². The largest absolute Gasteiger partial charge is 0.306 e. The summed E-state index contributed by atoms with van der Waals surface area (Å²) in [5.41, 5.74) is 0.791. The summed E-state index contributed by atoms with van der Waals surface area (Å²) >= 11 is 1.69. The maximum Gasteiger partial charge on any atom is 0.282 e. The zero-order chi connectivity index (χ0) is 14.8. The lowest BCUT2D eigenvalue weighted by atomic mass is 10.1. The Morgan fingerprint density at radius 1 is 1.14 bits per heavy atom. The smallest absolute Gasteiger partial charge is 0.282 e. The van der Waals surface area contributed by atoms with E-state index in [2.05, 4.69) is 0 Å². The summed E-state index contributed by atoms with van der Waals surface area (Å²) < 4.78 is 0. The molecule has 0 N–H and O–H groups in total. The normalized spacial score (nSPS) is 13.6. The molecule has 1 amide bonds. The van der Waals surface area contributed by atoms with Gasteiger partial charge in [0, 0.05) is 23.3 Å². The highest BCUT2D eigenvalue weighted by Gasteiger charge is 2.28. The van der Waals surface area contributed by atoms with Crippen molar-refractivity contribution >= 4 is 29.0 Å². The second kappa shape index (κ2) is 5.57. The summed E-state index contributed by atoms with van der Waals surface area (Å²) in [6.07, 6.45) is 0. The second-order valence-corrected chi connectivity index (χ2v) is 5.68. The Kier molecular flexibility index (Phi) is 3.62. The van der Waals surface area contributed by atoms with Gasteiger partial charge in [-0.25, -0.2) is 0 Å². The third-order valence-electron chi connectivity index (χ3n) is 3.30. The molecule has 1 aliphatic rings. The van der Waals surface area contributed by atoms with Gasteiger partial charge in [0.1, 0.15) is 5.56 Å². The summed E-state index contributed by atoms with van der Waals surface area (Å²) in [5, 5.41) is 11.1. The molecule has 0 radical (unpaired) electrons. The van der Waals surface area contributed by atoms with Crippen LogP contribution in [0.3, 0.4) is 0 Å². The number of thioether (sulfide) groups is 1. The van der Waals surface area contributed by atoms with Crippen LogP contribution in [0.1, 0.15) is 10.4 Å². The molecule has 5 nitrogen and oxygen atoms in total. The molecule has 0 fully saturated rings. The van der Waals surface area contributed by atoms with Crippen LogP contribution in [-0.4, -0.2) is 23.1 Å². The molecule has 3 rings (SSSR count). The van der Waals surface area contributed by atoms with E-state index in [1.165, 1.54) is 12.1 Å². The van der Waals surface area contributed by atoms with Gasteiger partial charge in [0.15, 0.2) is 0 Å². The highest BCUT2D eigenvalue weighted by atomic mass is 32.2. The van der Waals surface area contributed by atoms with Crippen LogP contribution >= 0.6 is 11.8 Å². The molecule has 1 heterocycles. The van der Waals surface area contributed by atoms with Crippen molar-refractivity contribution in [3.63, 3.8) is 0 Å². The minimum Gasteiger partial charge on any atom is -0.306 e. The molecule has 1 aliphatic heterocycles. The van der Waals surface area contributed by atoms with Gasteiger partial charge in [-0.2, -0.15) is 0 Å². The number of anilines is 1. The molecule has 0 spiro atoms. The lowest BCUT2D eigenvalue weighted by Gasteiger charge is -2.28. The SMILES string of the molecule is O=C(c1ccccc1[N+](=O)[O-])N1CCSc2ccccc21. The Hall–Kier alpha value is -2.34. The number of nitrogens with zero attached hydrogens (tertiary/aromatic N) is 2. The predicted molar refractivity (Wildman–Crippen MR) is 81.9 cm³/mol. The van der Waals surface area contributed by atoms with Gasteiger partial charge in [0.05, 0.1) is 10.6 Å². The van der Waals surface area contributed by atoms with E-state index in [0.717, 1.165) is 16.3 Å². The lowest BCUT2D eigenvalue weighted by Crippen LogP contribution is -2.35. The first kappa shape index (κ1) is 13.6. The van der Waals surface area contributed by atoms with E-state index in [9.17, 15) is 14.9 Å². The summed E-state index contributed by atoms with van der Waals surface area (Å²) in [7, 11) is 0. The highest BCUT2D eigenvalue weighted by molar-refractivity contribution is 7.99. The van der Waals surface area contributed by atoms with E-state index >= 15 is 0 Å². The minimum atomic E-state index is -0.516. The molecule has 106 valence electrons. The topological polar surface area (TPSA) is 63.4 Å². The van der Waals surface area contributed by atoms with E-state index in [-0.39, 0.29) is 17.2 Å². The molecular weight excluding hydrogens is 288 g/mol. The summed E-state index contributed by atoms with van der Waals surface area (Å²) in [4.78, 5) is 25.9. The van der Waals surface area contributed by atoms with Crippen LogP contribution < -0.4 is 4.90 Å². The molecule has 6 heteroatoms. The third-order valence-corrected chi connectivity index (χ3v) is 4.35. The fourth-order valence-electron chi connectivity index (χ4n) is 2.34. The number of benzene rings is 2. The van der Waals surface area contributed by atoms with Gasteiger partial charge >= 0.3 is 0 Å². The summed E-state index contributed by atoms with van der Waals surface area (Å²) in [6.45, 7) is 0.548. The molecule has 0 atom stereocenters. The number of rotatable bonds is 2. The zero-order valence-electron chi connectivity index (χ0n) is 11.1. The number of fused-ring (bicyclic) bond motifs is 1. The molecule has 2 aromatic rings. The van der Waals surface area contributed by atoms with Gasteiger partial charge < -0.3 is 4.90 Å². The van der Waals surface area contributed by atoms with Crippen LogP contribution in [0.15, 0.2) is 53.4 Å². The molecule has 0 aliphatic carbocycles. The molecular formula is C15H12N2O3S. The third kappa shape index (κ3) is 2.50. The van der Waals surface area contributed by atoms with E-state index in [1.807, 2.05) is 24.3 Å². The highest BCUT2D eigenvalue weighted by Crippen LogP contribution is 2.35. The van der Waals surface area contributed by atoms with Crippen molar-refractivity contribution in [1.29, 1.82) is 0 Å². The minimum absolute atomic E-state index is 0.129. The van der Waals surface area contributed by atoms with Crippen LogP contribution in [0.2, 0.25) is 0 Å². The van der Waals surface area contributed by atoms with Gasteiger partial charge in [-0.15, -0.1) is 11.8 Å². The van der Waals surface area contributed by atoms with Crippen LogP contribution in [0.4, 0.5) is 11.4 Å². The molecule has 0 unspecified atom stereocenters. The maximum atomic E-state index is 12.7. The maximum absolute atomic E-state index is 12.7. The quantitative estimate of drug-likeness (QED) is 0.630. The van der Waals surface area contributed by atoms with Crippen molar-refractivity contribution < 1.29 is 9.72 Å². The summed E-state index contributed by atoms with van der Waals surface area (Å²) in [5.74, 6) is 0.457. The Balaban J connectivity index is 2.03. The number of nitro benzene ring substituents is 1. The van der Waals surface area contributed by atoms with Gasteiger partial charge in [0.2, 0.25) is 0 Å². The molecule has 0 bridgehead atoms. The average molecular weight is 300 g/mol. The Bertz CT molecular complexity index is 718. The molecule has 0 saturated heterocycles. The lowest BCUT2D eigenvalue weighted by molar-refractivity contribution is -0.385. The van der Waals surface area contributed by atoms with E-state index in [4.69, 9.17) is 0 Å². The number of hydrogen-bond donors (Lipinski definition) is 0. The van der Waals surface area contributed by atoms with Crippen LogP contribution in [0.5, 0.6) is 0 Å². The van der Waals surface area contributed by atoms with Gasteiger partial charge in [-0.1, -0.05) is 24.3 Å². The van der Waals surface area contributed by atoms with Crippen molar-refractivity contribution in [2.24, 2.45) is 0 Å². The van der Waals surface area contributed by atoms with Gasteiger partial charge in [0.25, 0.3) is 11.6 Å². The van der Waals surface area contributed by atoms with Crippen LogP contribution in [-0.2, 0) is 0 Å². The molecule has 0 saturated carbocycles. The monoisotopic (exact) mass is 300 g/mol. The number of amides is 1. The number of nitro groups is 1. The first-order valence-electron chi connectivity index (χ1n) is 6.45. The number of para-hydroxylation sites is 2. The Morgan fingerprint density at radius 2 is 1.86 bits per heavy atom. The predicted octanol–water partition coefficient (Wildman–Crippen LogP) is 3.35. The van der Waals surface area contributed by atoms with Crippen molar-refractivity contribution in [3.05, 3.63) is 64.2 Å². The number of carbonyl (C=O) groups excluding carboxylic acids is 1. The van der Waals surface area contributed by atoms with E-state index in [1.54, 1.807) is 28.8 Å². The van der Waals surface area contributed by atoms with Crippen molar-refractivity contribution in [2.45, 2.75) is 4.90 Å². The molecule has 21 heavy (non-hydrogen) atoms. The van der Waals surface area contributed by atoms with Crippen molar-refractivity contribution in [2.75, 3.05) is 17.2 Å². The Labute approximate surface area is 125 Å². The number of carbonyl (C=O) groups is 1. The fourth-order valence-corrected chi connectivity index (χ4v) is 3.33. The van der Waals surface area contributed by atoms with Crippen molar-refractivity contribution in [1.82, 2.24) is 0 Å². The molecule has 2 aromatic carbocycles. The average Bonchev–Trinajstić information content (AvgIpc) is 2.53. The van der Waals surface area contributed by atoms with Crippen LogP contribution in [0.25, 0.3) is 0 Å².